The summed E-state index contributed by atoms with van der Waals surface area (Å²) in [5.41, 5.74) is 2.90. The van der Waals surface area contributed by atoms with Crippen molar-refractivity contribution >= 4 is 41.3 Å². The Kier molecular flexibility index (Phi) is 4.72. The monoisotopic (exact) mass is 443 g/mol. The summed E-state index contributed by atoms with van der Waals surface area (Å²) in [6.45, 7) is 1.24. The third kappa shape index (κ3) is 3.75. The summed E-state index contributed by atoms with van der Waals surface area (Å²) in [6, 6.07) is 10.3. The highest BCUT2D eigenvalue weighted by Gasteiger charge is 2.25. The Morgan fingerprint density at radius 2 is 1.72 bits per heavy atom. The van der Waals surface area contributed by atoms with Crippen molar-refractivity contribution in [2.45, 2.75) is 22.8 Å². The van der Waals surface area contributed by atoms with Crippen LogP contribution in [0.3, 0.4) is 0 Å². The molecule has 0 amide bonds. The second-order valence-electron chi connectivity index (χ2n) is 6.22. The topological polar surface area (TPSA) is 71.5 Å². The van der Waals surface area contributed by atoms with E-state index in [2.05, 4.69) is 22.0 Å². The molecule has 0 fully saturated rings. The first-order valence-corrected chi connectivity index (χ1v) is 12.2. The van der Waals surface area contributed by atoms with Crippen LogP contribution in [-0.2, 0) is 32.6 Å². The zero-order valence-corrected chi connectivity index (χ0v) is 17.1. The molecule has 0 saturated carbocycles. The Hall–Kier alpha value is -1.38. The molecule has 8 heteroatoms. The van der Waals surface area contributed by atoms with Crippen LogP contribution in [0.15, 0.2) is 50.7 Å². The van der Waals surface area contributed by atoms with Crippen LogP contribution in [0.5, 0.6) is 0 Å². The minimum Gasteiger partial charge on any atom is -0.366 e. The number of hydrogen-bond donors (Lipinski definition) is 0. The van der Waals surface area contributed by atoms with Crippen LogP contribution in [0.1, 0.15) is 11.1 Å². The number of fused-ring (bicyclic) bond motifs is 1. The molecule has 134 valence electrons. The van der Waals surface area contributed by atoms with E-state index in [1.54, 1.807) is 6.07 Å². The Labute approximate surface area is 156 Å². The third-order valence-electron chi connectivity index (χ3n) is 4.32. The highest BCUT2D eigenvalue weighted by molar-refractivity contribution is 9.10. The zero-order chi connectivity index (χ0) is 18.4. The first-order valence-electron chi connectivity index (χ1n) is 7.63. The lowest BCUT2D eigenvalue weighted by Gasteiger charge is -2.32. The van der Waals surface area contributed by atoms with Gasteiger partial charge in [0.15, 0.2) is 19.7 Å². The molecule has 0 saturated heterocycles. The number of anilines is 1. The molecule has 1 aliphatic heterocycles. The zero-order valence-electron chi connectivity index (χ0n) is 13.9. The summed E-state index contributed by atoms with van der Waals surface area (Å²) in [5, 5.41) is 0. The smallest absolute Gasteiger partial charge is 0.177 e. The molecule has 0 aromatic heterocycles. The predicted octanol–water partition coefficient (Wildman–Crippen LogP) is 2.82. The molecule has 3 rings (SSSR count). The van der Waals surface area contributed by atoms with E-state index in [9.17, 15) is 16.8 Å². The Balaban J connectivity index is 2.11. The Morgan fingerprint density at radius 1 is 1.00 bits per heavy atom. The highest BCUT2D eigenvalue weighted by Crippen LogP contribution is 2.34. The molecule has 0 bridgehead atoms. The second kappa shape index (κ2) is 6.41. The van der Waals surface area contributed by atoms with Gasteiger partial charge in [-0.05, 0) is 41.8 Å². The number of rotatable bonds is 3. The molecule has 0 radical (unpaired) electrons. The summed E-state index contributed by atoms with van der Waals surface area (Å²) >= 11 is 3.55. The SMILES string of the molecule is CS(=O)(=O)c1ccc(N2CCc3cccc(Br)c3C2)c(S(C)(=O)=O)c1. The van der Waals surface area contributed by atoms with Crippen molar-refractivity contribution in [3.63, 3.8) is 0 Å². The van der Waals surface area contributed by atoms with Crippen LogP contribution in [0.25, 0.3) is 0 Å². The normalized spacial score (nSPS) is 15.1. The highest BCUT2D eigenvalue weighted by atomic mass is 79.9. The molecule has 1 heterocycles. The first-order chi connectivity index (χ1) is 11.6. The van der Waals surface area contributed by atoms with E-state index >= 15 is 0 Å². The summed E-state index contributed by atoms with van der Waals surface area (Å²) in [4.78, 5) is 2.04. The van der Waals surface area contributed by atoms with Crippen LogP contribution in [0.2, 0.25) is 0 Å². The van der Waals surface area contributed by atoms with Gasteiger partial charge in [-0.3, -0.25) is 0 Å². The number of hydrogen-bond acceptors (Lipinski definition) is 5. The van der Waals surface area contributed by atoms with Crippen molar-refractivity contribution in [3.05, 3.63) is 52.0 Å². The molecule has 1 aliphatic rings. The van der Waals surface area contributed by atoms with Crippen molar-refractivity contribution in [2.75, 3.05) is 24.0 Å². The van der Waals surface area contributed by atoms with Gasteiger partial charge in [-0.15, -0.1) is 0 Å². The van der Waals surface area contributed by atoms with Crippen LogP contribution < -0.4 is 4.90 Å². The molecule has 2 aromatic carbocycles. The van der Waals surface area contributed by atoms with E-state index in [0.29, 0.717) is 18.8 Å². The molecule has 0 atom stereocenters. The van der Waals surface area contributed by atoms with Crippen molar-refractivity contribution in [1.82, 2.24) is 0 Å². The fourth-order valence-electron chi connectivity index (χ4n) is 3.03. The largest absolute Gasteiger partial charge is 0.366 e. The van der Waals surface area contributed by atoms with Crippen molar-refractivity contribution < 1.29 is 16.8 Å². The van der Waals surface area contributed by atoms with Crippen molar-refractivity contribution in [3.8, 4) is 0 Å². The van der Waals surface area contributed by atoms with Gasteiger partial charge in [0.2, 0.25) is 0 Å². The summed E-state index contributed by atoms with van der Waals surface area (Å²) in [6.07, 6.45) is 2.97. The van der Waals surface area contributed by atoms with E-state index < -0.39 is 19.7 Å². The molecule has 25 heavy (non-hydrogen) atoms. The van der Waals surface area contributed by atoms with Gasteiger partial charge < -0.3 is 4.90 Å². The molecular weight excluding hydrogens is 426 g/mol. The maximum Gasteiger partial charge on any atom is 0.177 e. The number of sulfone groups is 2. The van der Waals surface area contributed by atoms with Gasteiger partial charge in [-0.2, -0.15) is 0 Å². The molecule has 0 aliphatic carbocycles. The Morgan fingerprint density at radius 3 is 2.36 bits per heavy atom. The molecule has 0 unspecified atom stereocenters. The van der Waals surface area contributed by atoms with Crippen LogP contribution in [0.4, 0.5) is 5.69 Å². The number of nitrogens with zero attached hydrogens (tertiary/aromatic N) is 1. The van der Waals surface area contributed by atoms with Crippen LogP contribution in [-0.4, -0.2) is 35.9 Å². The molecule has 0 spiro atoms. The quantitative estimate of drug-likeness (QED) is 0.728. The predicted molar refractivity (Wildman–Crippen MR) is 102 cm³/mol. The van der Waals surface area contributed by atoms with Crippen molar-refractivity contribution in [1.29, 1.82) is 0 Å². The lowest BCUT2D eigenvalue weighted by Crippen LogP contribution is -2.31. The summed E-state index contributed by atoms with van der Waals surface area (Å²) in [7, 11) is -7.05. The molecule has 5 nitrogen and oxygen atoms in total. The minimum absolute atomic E-state index is 0.00950. The number of halogens is 1. The van der Waals surface area contributed by atoms with Gasteiger partial charge in [-0.1, -0.05) is 28.1 Å². The van der Waals surface area contributed by atoms with Gasteiger partial charge in [0.1, 0.15) is 0 Å². The average molecular weight is 444 g/mol. The fourth-order valence-corrected chi connectivity index (χ4v) is 5.20. The van der Waals surface area contributed by atoms with Gasteiger partial charge in [0.25, 0.3) is 0 Å². The minimum atomic E-state index is -3.57. The van der Waals surface area contributed by atoms with Gasteiger partial charge >= 0.3 is 0 Å². The average Bonchev–Trinajstić information content (AvgIpc) is 2.53. The number of benzene rings is 2. The second-order valence-corrected chi connectivity index (χ2v) is 11.1. The first kappa shape index (κ1) is 18.4. The maximum atomic E-state index is 12.3. The van der Waals surface area contributed by atoms with E-state index in [1.165, 1.54) is 17.7 Å². The molecule has 0 N–H and O–H groups in total. The van der Waals surface area contributed by atoms with E-state index in [0.717, 1.165) is 29.0 Å². The van der Waals surface area contributed by atoms with E-state index in [-0.39, 0.29) is 9.79 Å². The standard InChI is InChI=1S/C17H18BrNO4S2/c1-24(20,21)13-6-7-16(17(10-13)25(2,22)23)19-9-8-12-4-3-5-15(18)14(12)11-19/h3-7,10H,8-9,11H2,1-2H3. The summed E-state index contributed by atoms with van der Waals surface area (Å²) in [5.74, 6) is 0. The molecule has 2 aromatic rings. The summed E-state index contributed by atoms with van der Waals surface area (Å²) < 4.78 is 49.1. The lowest BCUT2D eigenvalue weighted by atomic mass is 9.99. The Bertz CT molecular complexity index is 1050. The van der Waals surface area contributed by atoms with Gasteiger partial charge in [-0.25, -0.2) is 16.8 Å². The third-order valence-corrected chi connectivity index (χ3v) is 7.29. The van der Waals surface area contributed by atoms with Crippen LogP contribution >= 0.6 is 15.9 Å². The van der Waals surface area contributed by atoms with E-state index in [4.69, 9.17) is 0 Å². The molecular formula is C17H18BrNO4S2. The van der Waals surface area contributed by atoms with Crippen LogP contribution in [0, 0.1) is 0 Å². The van der Waals surface area contributed by atoms with Gasteiger partial charge in [0, 0.05) is 30.1 Å². The van der Waals surface area contributed by atoms with E-state index in [1.807, 2.05) is 17.0 Å². The fraction of sp³-hybridized carbons (Fsp3) is 0.294. The van der Waals surface area contributed by atoms with Gasteiger partial charge in [0.05, 0.1) is 15.5 Å². The maximum absolute atomic E-state index is 12.3. The van der Waals surface area contributed by atoms with Crippen molar-refractivity contribution in [2.24, 2.45) is 0 Å². The lowest BCUT2D eigenvalue weighted by molar-refractivity contribution is 0.599.